The van der Waals surface area contributed by atoms with Crippen LogP contribution in [0.25, 0.3) is 22.3 Å². The van der Waals surface area contributed by atoms with E-state index in [1.807, 2.05) is 34.6 Å². The Kier molecular flexibility index (Phi) is 6.38. The van der Waals surface area contributed by atoms with Gasteiger partial charge < -0.3 is 9.30 Å². The molecule has 3 atom stereocenters. The van der Waals surface area contributed by atoms with E-state index in [2.05, 4.69) is 46.8 Å². The molecule has 4 rings (SSSR count). The van der Waals surface area contributed by atoms with Crippen LogP contribution in [-0.4, -0.2) is 39.0 Å². The van der Waals surface area contributed by atoms with Gasteiger partial charge in [-0.1, -0.05) is 26.1 Å². The van der Waals surface area contributed by atoms with E-state index in [1.54, 1.807) is 12.5 Å². The van der Waals surface area contributed by atoms with Gasteiger partial charge in [0.05, 0.1) is 41.4 Å². The SMILES string of the molecule is CC(n1cc(-c2ncnc3c2ccn3COCC[Si](C)(C)C)cn1)C1(C#N)CCCC1C#N. The predicted molar refractivity (Wildman–Crippen MR) is 129 cm³/mol. The van der Waals surface area contributed by atoms with Crippen molar-refractivity contribution >= 4 is 19.1 Å². The Bertz CT molecular complexity index is 1210. The lowest BCUT2D eigenvalue weighted by molar-refractivity contribution is 0.0899. The second-order valence-corrected chi connectivity index (χ2v) is 15.8. The van der Waals surface area contributed by atoms with Crippen molar-refractivity contribution < 1.29 is 4.74 Å². The normalized spacial score (nSPS) is 21.7. The van der Waals surface area contributed by atoms with Gasteiger partial charge in [-0.25, -0.2) is 9.97 Å². The molecule has 3 aromatic heterocycles. The molecule has 0 spiro atoms. The van der Waals surface area contributed by atoms with Crippen molar-refractivity contribution in [2.24, 2.45) is 11.3 Å². The minimum Gasteiger partial charge on any atom is -0.361 e. The molecule has 0 saturated heterocycles. The second kappa shape index (κ2) is 9.09. The molecular weight excluding hydrogens is 430 g/mol. The van der Waals surface area contributed by atoms with Gasteiger partial charge in [-0.05, 0) is 31.9 Å². The standard InChI is InChI=1S/C24H31N7OSi/c1-18(24(15-26)8-5-6-20(24)12-25)31-14-19(13-29-31)22-21-7-9-30(23(21)28-16-27-22)17-32-10-11-33(2,3)4/h7,9,13-14,16,18,20H,5-6,8,10-11,17H2,1-4H3. The van der Waals surface area contributed by atoms with Crippen molar-refractivity contribution in [2.45, 2.75) is 64.6 Å². The largest absolute Gasteiger partial charge is 0.361 e. The third-order valence-electron chi connectivity index (χ3n) is 6.87. The van der Waals surface area contributed by atoms with Crippen molar-refractivity contribution in [1.29, 1.82) is 10.5 Å². The van der Waals surface area contributed by atoms with Crippen LogP contribution in [0.1, 0.15) is 32.2 Å². The Morgan fingerprint density at radius 3 is 2.85 bits per heavy atom. The summed E-state index contributed by atoms with van der Waals surface area (Å²) in [6.07, 6.45) is 9.63. The van der Waals surface area contributed by atoms with E-state index in [0.717, 1.165) is 54.2 Å². The van der Waals surface area contributed by atoms with Crippen LogP contribution in [0, 0.1) is 34.0 Å². The summed E-state index contributed by atoms with van der Waals surface area (Å²) in [6, 6.07) is 7.75. The van der Waals surface area contributed by atoms with Crippen LogP contribution < -0.4 is 0 Å². The Morgan fingerprint density at radius 2 is 2.12 bits per heavy atom. The van der Waals surface area contributed by atoms with Gasteiger partial charge in [-0.2, -0.15) is 15.6 Å². The van der Waals surface area contributed by atoms with Crippen LogP contribution >= 0.6 is 0 Å². The molecule has 1 aliphatic rings. The Hall–Kier alpha value is -3.01. The van der Waals surface area contributed by atoms with Gasteiger partial charge in [0.25, 0.3) is 0 Å². The molecule has 8 nitrogen and oxygen atoms in total. The van der Waals surface area contributed by atoms with Crippen molar-refractivity contribution in [3.63, 3.8) is 0 Å². The third-order valence-corrected chi connectivity index (χ3v) is 8.57. The first kappa shape index (κ1) is 23.2. The molecule has 3 heterocycles. The number of nitriles is 2. The topological polar surface area (TPSA) is 105 Å². The highest BCUT2D eigenvalue weighted by molar-refractivity contribution is 6.76. The summed E-state index contributed by atoms with van der Waals surface area (Å²) in [5.41, 5.74) is 1.78. The number of ether oxygens (including phenoxy) is 1. The second-order valence-electron chi connectivity index (χ2n) is 10.2. The van der Waals surface area contributed by atoms with Crippen molar-refractivity contribution in [2.75, 3.05) is 6.61 Å². The summed E-state index contributed by atoms with van der Waals surface area (Å²) in [4.78, 5) is 9.01. The monoisotopic (exact) mass is 461 g/mol. The lowest BCUT2D eigenvalue weighted by Gasteiger charge is -2.31. The molecule has 33 heavy (non-hydrogen) atoms. The molecular formula is C24H31N7OSi. The van der Waals surface area contributed by atoms with Gasteiger partial charge in [0.2, 0.25) is 0 Å². The smallest absolute Gasteiger partial charge is 0.145 e. The van der Waals surface area contributed by atoms with Gasteiger partial charge in [-0.15, -0.1) is 0 Å². The van der Waals surface area contributed by atoms with Gasteiger partial charge in [-0.3, -0.25) is 4.68 Å². The first-order chi connectivity index (χ1) is 15.8. The number of aromatic nitrogens is 5. The molecule has 172 valence electrons. The molecule has 9 heteroatoms. The fourth-order valence-corrected chi connectivity index (χ4v) is 5.48. The number of fused-ring (bicyclic) bond motifs is 1. The van der Waals surface area contributed by atoms with E-state index in [1.165, 1.54) is 0 Å². The summed E-state index contributed by atoms with van der Waals surface area (Å²) in [7, 11) is -1.13. The maximum atomic E-state index is 9.98. The summed E-state index contributed by atoms with van der Waals surface area (Å²) < 4.78 is 9.72. The zero-order chi connectivity index (χ0) is 23.6. The van der Waals surface area contributed by atoms with Crippen molar-refractivity contribution in [1.82, 2.24) is 24.3 Å². The average molecular weight is 462 g/mol. The molecule has 1 fully saturated rings. The van der Waals surface area contributed by atoms with E-state index in [9.17, 15) is 10.5 Å². The quantitative estimate of drug-likeness (QED) is 0.345. The first-order valence-electron chi connectivity index (χ1n) is 11.5. The maximum Gasteiger partial charge on any atom is 0.145 e. The van der Waals surface area contributed by atoms with E-state index in [0.29, 0.717) is 6.73 Å². The maximum absolute atomic E-state index is 9.98. The molecule has 0 N–H and O–H groups in total. The minimum atomic E-state index is -1.13. The summed E-state index contributed by atoms with van der Waals surface area (Å²) in [6.45, 7) is 10.2. The van der Waals surface area contributed by atoms with Crippen molar-refractivity contribution in [3.05, 3.63) is 31.0 Å². The van der Waals surface area contributed by atoms with E-state index >= 15 is 0 Å². The highest BCUT2D eigenvalue weighted by Gasteiger charge is 2.49. The average Bonchev–Trinajstić information content (AvgIpc) is 3.53. The summed E-state index contributed by atoms with van der Waals surface area (Å²) in [5.74, 6) is -0.272. The number of rotatable bonds is 8. The van der Waals surface area contributed by atoms with Crippen LogP contribution in [0.5, 0.6) is 0 Å². The molecule has 1 saturated carbocycles. The number of hydrogen-bond donors (Lipinski definition) is 0. The first-order valence-corrected chi connectivity index (χ1v) is 15.2. The van der Waals surface area contributed by atoms with Gasteiger partial charge in [0.1, 0.15) is 18.7 Å². The Labute approximate surface area is 195 Å². The highest BCUT2D eigenvalue weighted by Crippen LogP contribution is 2.50. The van der Waals surface area contributed by atoms with Crippen LogP contribution in [-0.2, 0) is 11.5 Å². The number of hydrogen-bond acceptors (Lipinski definition) is 6. The third kappa shape index (κ3) is 4.44. The van der Waals surface area contributed by atoms with Crippen LogP contribution in [0.4, 0.5) is 0 Å². The highest BCUT2D eigenvalue weighted by atomic mass is 28.3. The van der Waals surface area contributed by atoms with Gasteiger partial charge >= 0.3 is 0 Å². The molecule has 3 aromatic rings. The van der Waals surface area contributed by atoms with Crippen LogP contribution in [0.2, 0.25) is 25.7 Å². The molecule has 0 amide bonds. The molecule has 0 aromatic carbocycles. The Balaban J connectivity index is 1.57. The lowest BCUT2D eigenvalue weighted by atomic mass is 9.74. The fourth-order valence-electron chi connectivity index (χ4n) is 4.72. The summed E-state index contributed by atoms with van der Waals surface area (Å²) >= 11 is 0. The molecule has 1 aliphatic carbocycles. The summed E-state index contributed by atoms with van der Waals surface area (Å²) in [5, 5.41) is 25.1. The van der Waals surface area contributed by atoms with Crippen LogP contribution in [0.3, 0.4) is 0 Å². The number of nitrogens with zero attached hydrogens (tertiary/aromatic N) is 7. The van der Waals surface area contributed by atoms with E-state index in [4.69, 9.17) is 4.74 Å². The van der Waals surface area contributed by atoms with Gasteiger partial charge in [0, 0.05) is 38.0 Å². The Morgan fingerprint density at radius 1 is 1.30 bits per heavy atom. The minimum absolute atomic E-state index is 0.204. The van der Waals surface area contributed by atoms with Crippen LogP contribution in [0.15, 0.2) is 31.0 Å². The zero-order valence-corrected chi connectivity index (χ0v) is 20.8. The van der Waals surface area contributed by atoms with E-state index in [-0.39, 0.29) is 12.0 Å². The fraction of sp³-hybridized carbons (Fsp3) is 0.542. The van der Waals surface area contributed by atoms with Gasteiger partial charge in [0.15, 0.2) is 0 Å². The molecule has 0 bridgehead atoms. The van der Waals surface area contributed by atoms with Crippen molar-refractivity contribution in [3.8, 4) is 23.4 Å². The molecule has 3 unspecified atom stereocenters. The molecule has 0 radical (unpaired) electrons. The zero-order valence-electron chi connectivity index (χ0n) is 19.8. The lowest BCUT2D eigenvalue weighted by Crippen LogP contribution is -2.33. The predicted octanol–water partition coefficient (Wildman–Crippen LogP) is 5.00. The van der Waals surface area contributed by atoms with E-state index < -0.39 is 13.5 Å². The molecule has 0 aliphatic heterocycles.